The van der Waals surface area contributed by atoms with E-state index in [-0.39, 0.29) is 63.0 Å². The zero-order chi connectivity index (χ0) is 50.8. The second-order valence-electron chi connectivity index (χ2n) is 11.3. The first kappa shape index (κ1) is 38.6. The highest BCUT2D eigenvalue weighted by atomic mass is 35.5. The molecule has 19 nitrogen and oxygen atoms in total. The summed E-state index contributed by atoms with van der Waals surface area (Å²) in [6, 6.07) is 8.33. The Labute approximate surface area is 377 Å². The van der Waals surface area contributed by atoms with Crippen LogP contribution in [0, 0.1) is 6.92 Å². The Bertz CT molecular complexity index is 2390. The smallest absolute Gasteiger partial charge is 0.297 e. The van der Waals surface area contributed by atoms with Crippen LogP contribution in [0.15, 0.2) is 58.1 Å². The van der Waals surface area contributed by atoms with Gasteiger partial charge in [-0.15, -0.1) is 53.7 Å². The number of methoxy groups -OCH3 is 2. The lowest BCUT2D eigenvalue weighted by atomic mass is 10.1. The number of nitrogens with one attached hydrogen (secondary N) is 1. The standard InChI is InChI=1S/C17H22N2O8S4.C12H21N3O5S3.C2H7N.ClH/c1-12-4-6-13(7-5-12)31(22,23)25-15-11-19(8-3-9-24-2)30(20,21)17-14(15)10-16(28-17)29-27-26-18;1-3-14-10-8-15(5-4-6-18-2)23(16,17)12-9(10)7-11(21-12)22-20-19-13;1-2-3;/h4-7,10,15H,3,8-9,11,18H2,1-2H3;7,10,14H,3-6,8,13H2,1-2H3;2-3H2,1H3;1H/t;10-;;/m.0../s1/i;1D3,3D2;1D3,2D2;. The molecule has 2 atom stereocenters. The molecule has 3 aromatic rings. The summed E-state index contributed by atoms with van der Waals surface area (Å²) < 4.78 is 176. The van der Waals surface area contributed by atoms with Gasteiger partial charge in [0.15, 0.2) is 0 Å². The number of rotatable bonds is 19. The van der Waals surface area contributed by atoms with Gasteiger partial charge in [0.2, 0.25) is 0 Å². The molecule has 0 saturated heterocycles. The fraction of sp³-hybridized carbons (Fsp3) is 0.548. The lowest BCUT2D eigenvalue weighted by Gasteiger charge is -2.32. The highest BCUT2D eigenvalue weighted by molar-refractivity contribution is 7.98. The first-order chi connectivity index (χ1) is 30.9. The van der Waals surface area contributed by atoms with Gasteiger partial charge in [0, 0.05) is 84.5 Å². The van der Waals surface area contributed by atoms with Crippen LogP contribution in [0.3, 0.4) is 0 Å². The normalized spacial score (nSPS) is 22.0. The van der Waals surface area contributed by atoms with E-state index in [1.165, 1.54) is 47.1 Å². The van der Waals surface area contributed by atoms with Crippen LogP contribution in [0.4, 0.5) is 0 Å². The molecule has 0 amide bonds. The highest BCUT2D eigenvalue weighted by Crippen LogP contribution is 2.45. The van der Waals surface area contributed by atoms with Crippen molar-refractivity contribution in [1.29, 1.82) is 0 Å². The molecule has 0 aliphatic carbocycles. The van der Waals surface area contributed by atoms with E-state index >= 15 is 0 Å². The summed E-state index contributed by atoms with van der Waals surface area (Å²) in [4.78, 5) is 8.06. The van der Waals surface area contributed by atoms with Crippen molar-refractivity contribution in [3.05, 3.63) is 53.1 Å². The lowest BCUT2D eigenvalue weighted by molar-refractivity contribution is -0.195. The van der Waals surface area contributed by atoms with Crippen molar-refractivity contribution in [2.45, 2.75) is 67.3 Å². The summed E-state index contributed by atoms with van der Waals surface area (Å²) in [5, 5.41) is 2.45. The Morgan fingerprint density at radius 2 is 1.38 bits per heavy atom. The number of hydrogen-bond donors (Lipinski definition) is 4. The molecule has 2 aromatic heterocycles. The number of sulfonamides is 2. The van der Waals surface area contributed by atoms with Crippen LogP contribution in [0.2, 0.25) is 0 Å². The molecule has 0 fully saturated rings. The molecule has 1 unspecified atom stereocenters. The van der Waals surface area contributed by atoms with Crippen LogP contribution in [0.25, 0.3) is 0 Å². The van der Waals surface area contributed by atoms with Crippen molar-refractivity contribution >= 4 is 89.3 Å². The topological polar surface area (TPSA) is 264 Å². The number of aryl methyl sites for hydroxylation is 1. The maximum atomic E-state index is 13.1. The number of benzene rings is 1. The molecule has 5 rings (SSSR count). The second-order valence-corrected chi connectivity index (χ2v) is 21.3. The number of thiophene rings is 2. The fourth-order valence-electron chi connectivity index (χ4n) is 5.21. The molecule has 0 bridgehead atoms. The predicted molar refractivity (Wildman–Crippen MR) is 224 cm³/mol. The molecule has 58 heavy (non-hydrogen) atoms. The number of halogens is 1. The van der Waals surface area contributed by atoms with Crippen LogP contribution in [0.5, 0.6) is 0 Å². The van der Waals surface area contributed by atoms with Crippen molar-refractivity contribution in [2.24, 2.45) is 17.5 Å². The molecule has 2 aliphatic heterocycles. The van der Waals surface area contributed by atoms with E-state index in [2.05, 4.69) is 29.7 Å². The van der Waals surface area contributed by atoms with Gasteiger partial charge in [-0.1, -0.05) is 31.4 Å². The molecular weight excluding hydrogens is 924 g/mol. The summed E-state index contributed by atoms with van der Waals surface area (Å²) in [7, 11) is -8.80. The first-order valence-electron chi connectivity index (χ1n) is 21.1. The summed E-state index contributed by atoms with van der Waals surface area (Å²) in [5.41, 5.74) is 5.99. The van der Waals surface area contributed by atoms with E-state index in [0.29, 0.717) is 46.5 Å². The Hall–Kier alpha value is -1.06. The molecule has 0 radical (unpaired) electrons. The third-order valence-corrected chi connectivity index (χ3v) is 17.4. The minimum atomic E-state index is -4.14. The van der Waals surface area contributed by atoms with Gasteiger partial charge in [-0.05, 0) is 57.0 Å². The molecule has 7 N–H and O–H groups in total. The van der Waals surface area contributed by atoms with E-state index in [1.807, 2.05) is 6.92 Å². The van der Waals surface area contributed by atoms with Gasteiger partial charge in [0.1, 0.15) is 14.5 Å². The van der Waals surface area contributed by atoms with Crippen LogP contribution >= 0.6 is 59.2 Å². The van der Waals surface area contributed by atoms with Crippen LogP contribution in [0.1, 0.15) is 69.1 Å². The van der Waals surface area contributed by atoms with E-state index in [0.717, 1.165) is 40.3 Å². The largest absolute Gasteiger partial charge is 0.385 e. The first-order valence-corrected chi connectivity index (χ1v) is 23.5. The Morgan fingerprint density at radius 1 is 0.879 bits per heavy atom. The van der Waals surface area contributed by atoms with Gasteiger partial charge in [-0.3, -0.25) is 4.18 Å². The molecule has 1 aromatic carbocycles. The second kappa shape index (κ2) is 25.8. The van der Waals surface area contributed by atoms with Crippen molar-refractivity contribution in [3.63, 3.8) is 0 Å². The summed E-state index contributed by atoms with van der Waals surface area (Å²) >= 11 is 3.24. The summed E-state index contributed by atoms with van der Waals surface area (Å²) in [6.07, 6.45) is -0.155. The average molecular weight is 986 g/mol. The Morgan fingerprint density at radius 3 is 1.86 bits per heavy atom. The van der Waals surface area contributed by atoms with E-state index in [9.17, 15) is 25.3 Å². The van der Waals surface area contributed by atoms with E-state index in [4.69, 9.17) is 39.2 Å². The minimum Gasteiger partial charge on any atom is -0.385 e. The van der Waals surface area contributed by atoms with E-state index in [1.54, 1.807) is 12.1 Å². The number of hydrogen-bond acceptors (Lipinski definition) is 21. The van der Waals surface area contributed by atoms with Crippen LogP contribution in [-0.2, 0) is 62.5 Å². The number of fused-ring (bicyclic) bond motifs is 2. The van der Waals surface area contributed by atoms with E-state index < -0.39 is 69.0 Å². The number of nitrogens with zero attached hydrogens (tertiary/aromatic N) is 2. The van der Waals surface area contributed by atoms with Crippen molar-refractivity contribution in [1.82, 2.24) is 13.9 Å². The Kier molecular flexibility index (Phi) is 17.2. The number of likely N-dealkylation sites (N-methyl/N-ethyl adjacent to an activating group) is 1. The maximum absolute atomic E-state index is 13.1. The molecule has 4 heterocycles. The van der Waals surface area contributed by atoms with Gasteiger partial charge in [-0.25, -0.2) is 16.8 Å². The highest BCUT2D eigenvalue weighted by Gasteiger charge is 2.42. The maximum Gasteiger partial charge on any atom is 0.297 e. The minimum absolute atomic E-state index is 0. The quantitative estimate of drug-likeness (QED) is 0.0434. The average Bonchev–Trinajstić information content (AvgIpc) is 3.86. The molecule has 2 aliphatic rings. The molecular formula is C31H51ClN6O13S7. The molecule has 332 valence electrons. The van der Waals surface area contributed by atoms with Crippen molar-refractivity contribution in [2.75, 3.05) is 66.6 Å². The molecule has 0 saturated carbocycles. The molecule has 27 heteroatoms. The molecule has 0 spiro atoms. The van der Waals surface area contributed by atoms with Gasteiger partial charge in [0.05, 0.1) is 37.4 Å². The van der Waals surface area contributed by atoms with Gasteiger partial charge < -0.3 is 20.5 Å². The van der Waals surface area contributed by atoms with Crippen LogP contribution in [-0.4, -0.2) is 100 Å². The SMILES string of the molecule is COCCCN1CC(OS(=O)(=O)c2ccc(C)cc2)c2cc(SOON)sc2S1(=O)=O.Cl.[2H]C([2H])([2H])C([2H])([2H])N.[2H]C([2H])([2H])C([2H])([2H])N[C@H]1CN(CCCOC)S(=O)(=O)c2sc(SOON)cc21. The lowest BCUT2D eigenvalue weighted by Crippen LogP contribution is -2.43. The predicted octanol–water partition coefficient (Wildman–Crippen LogP) is 4.03. The fourth-order valence-corrected chi connectivity index (χ4v) is 14.3. The van der Waals surface area contributed by atoms with Gasteiger partial charge in [0.25, 0.3) is 30.2 Å². The monoisotopic (exact) mass is 984 g/mol. The van der Waals surface area contributed by atoms with Crippen molar-refractivity contribution < 1.29 is 71.3 Å². The van der Waals surface area contributed by atoms with Crippen molar-refractivity contribution in [3.8, 4) is 0 Å². The summed E-state index contributed by atoms with van der Waals surface area (Å²) in [6.45, 7) is -8.35. The number of nitrogens with two attached hydrogens (primary N) is 3. The zero-order valence-corrected chi connectivity index (χ0v) is 37.5. The Balaban J connectivity index is 0.000000399. The zero-order valence-electron chi connectivity index (χ0n) is 41.0. The number of ether oxygens (including phenoxy) is 2. The van der Waals surface area contributed by atoms with Gasteiger partial charge >= 0.3 is 0 Å². The summed E-state index contributed by atoms with van der Waals surface area (Å²) in [5.74, 6) is 9.65. The van der Waals surface area contributed by atoms with Gasteiger partial charge in [-0.2, -0.15) is 28.8 Å². The third-order valence-electron chi connectivity index (χ3n) is 7.65. The third kappa shape index (κ3) is 14.5. The van der Waals surface area contributed by atoms with Crippen LogP contribution < -0.4 is 22.8 Å².